The molecule has 0 fully saturated rings. The number of ether oxygens (including phenoxy) is 12. The number of primary amides is 1. The van der Waals surface area contributed by atoms with Gasteiger partial charge in [-0.25, -0.2) is 0 Å². The van der Waals surface area contributed by atoms with Crippen LogP contribution in [0.25, 0.3) is 21.5 Å². The Hall–Kier alpha value is -5.24. The van der Waals surface area contributed by atoms with E-state index in [1.165, 1.54) is 0 Å². The van der Waals surface area contributed by atoms with Gasteiger partial charge < -0.3 is 84.3 Å². The third-order valence-electron chi connectivity index (χ3n) is 11.3. The molecule has 0 aliphatic heterocycles. The van der Waals surface area contributed by atoms with Gasteiger partial charge in [0.25, 0.3) is 0 Å². The van der Waals surface area contributed by atoms with Gasteiger partial charge in [0.1, 0.15) is 12.1 Å². The molecule has 428 valence electrons. The summed E-state index contributed by atoms with van der Waals surface area (Å²) >= 11 is 0. The lowest BCUT2D eigenvalue weighted by molar-refractivity contribution is -0.132. The van der Waals surface area contributed by atoms with Gasteiger partial charge in [0.2, 0.25) is 23.6 Å². The maximum Gasteiger partial charge on any atom is 0.243 e. The van der Waals surface area contributed by atoms with Crippen LogP contribution in [0.1, 0.15) is 24.0 Å². The zero-order chi connectivity index (χ0) is 54.6. The molecule has 0 aromatic heterocycles. The first kappa shape index (κ1) is 64.3. The topological polar surface area (TPSA) is 267 Å². The predicted octanol–water partition coefficient (Wildman–Crippen LogP) is 2.29. The van der Waals surface area contributed by atoms with Gasteiger partial charge in [0.05, 0.1) is 159 Å². The lowest BCUT2D eigenvalue weighted by Gasteiger charge is -2.24. The van der Waals surface area contributed by atoms with Gasteiger partial charge in [-0.15, -0.1) is 0 Å². The highest BCUT2D eigenvalue weighted by Crippen LogP contribution is 2.19. The summed E-state index contributed by atoms with van der Waals surface area (Å²) in [7, 11) is 0. The molecule has 7 N–H and O–H groups in total. The minimum absolute atomic E-state index is 0.00607. The van der Waals surface area contributed by atoms with E-state index in [4.69, 9.17) is 68.3 Å². The van der Waals surface area contributed by atoms with E-state index in [2.05, 4.69) is 16.0 Å². The van der Waals surface area contributed by atoms with Gasteiger partial charge in [-0.05, 0) is 32.7 Å². The van der Waals surface area contributed by atoms with Crippen LogP contribution in [-0.2, 0) is 88.9 Å². The first-order valence-corrected chi connectivity index (χ1v) is 26.6. The number of nitrogens with two attached hydrogens (primary N) is 2. The largest absolute Gasteiger partial charge is 0.379 e. The zero-order valence-corrected chi connectivity index (χ0v) is 44.6. The number of rotatable bonds is 49. The summed E-state index contributed by atoms with van der Waals surface area (Å²) in [6.07, 6.45) is 0.580. The number of benzene rings is 4. The molecular formula is C56H83N5O16. The van der Waals surface area contributed by atoms with Crippen LogP contribution in [0.15, 0.2) is 84.9 Å². The summed E-state index contributed by atoms with van der Waals surface area (Å²) in [4.78, 5) is 52.4. The van der Waals surface area contributed by atoms with Crippen LogP contribution in [0, 0.1) is 0 Å². The fourth-order valence-corrected chi connectivity index (χ4v) is 7.35. The second-order valence-corrected chi connectivity index (χ2v) is 17.3. The van der Waals surface area contributed by atoms with Crippen molar-refractivity contribution in [3.05, 3.63) is 96.1 Å². The summed E-state index contributed by atoms with van der Waals surface area (Å²) in [5.41, 5.74) is 12.1. The van der Waals surface area contributed by atoms with Gasteiger partial charge in [-0.1, -0.05) is 84.9 Å². The zero-order valence-electron chi connectivity index (χ0n) is 44.6. The minimum Gasteiger partial charge on any atom is -0.379 e. The maximum atomic E-state index is 14.3. The SMILES string of the molecule is NCCOCCOCCOCCOCCOCCOCCC(=O)NC(Cc1ccc2ccccc2c1)C(=O)NC(Cc1ccc2ccccc2c1)C(=O)NCCOCCOCCOCCOCCOCCOCCC(N)=O. The molecule has 0 spiro atoms. The molecule has 21 heteroatoms. The summed E-state index contributed by atoms with van der Waals surface area (Å²) in [6.45, 7) is 9.86. The van der Waals surface area contributed by atoms with E-state index in [1.54, 1.807) is 0 Å². The molecule has 0 bridgehead atoms. The van der Waals surface area contributed by atoms with E-state index < -0.39 is 29.8 Å². The van der Waals surface area contributed by atoms with Crippen molar-refractivity contribution in [2.75, 3.05) is 172 Å². The van der Waals surface area contributed by atoms with E-state index in [0.717, 1.165) is 32.7 Å². The molecule has 0 radical (unpaired) electrons. The number of carbonyl (C=O) groups excluding carboxylic acids is 4. The Bertz CT molecular complexity index is 2210. The number of hydrogen-bond acceptors (Lipinski definition) is 17. The van der Waals surface area contributed by atoms with Crippen LogP contribution >= 0.6 is 0 Å². The number of amides is 4. The highest BCUT2D eigenvalue weighted by molar-refractivity contribution is 5.93. The standard InChI is InChI=1S/C56H83N5O16/c57-15-19-68-23-27-72-31-35-76-39-37-75-34-30-71-26-22-67-18-14-54(63)60-52(44-46-10-12-48-6-2-4-8-50(48)42-46)56(65)61-51(43-45-9-11-47-5-1-3-7-49(47)41-45)55(64)59-16-20-69-24-28-73-32-36-77-40-38-74-33-29-70-25-21-66-17-13-53(58)62/h1-12,41-42,51-52H,13-40,43-44,57H2,(H2,58,62)(H,59,64)(H,60,63)(H,61,65). The van der Waals surface area contributed by atoms with Crippen LogP contribution in [0.5, 0.6) is 0 Å². The van der Waals surface area contributed by atoms with Crippen molar-refractivity contribution >= 4 is 45.2 Å². The van der Waals surface area contributed by atoms with E-state index in [0.29, 0.717) is 139 Å². The Morgan fingerprint density at radius 3 is 1.10 bits per heavy atom. The Morgan fingerprint density at radius 1 is 0.377 bits per heavy atom. The molecule has 2 atom stereocenters. The van der Waals surface area contributed by atoms with Crippen LogP contribution in [0.2, 0.25) is 0 Å². The number of hydrogen-bond donors (Lipinski definition) is 5. The number of nitrogens with one attached hydrogen (secondary N) is 3. The molecule has 2 unspecified atom stereocenters. The first-order valence-electron chi connectivity index (χ1n) is 26.6. The quantitative estimate of drug-likeness (QED) is 0.0397. The lowest BCUT2D eigenvalue weighted by atomic mass is 9.99. The average Bonchev–Trinajstić information content (AvgIpc) is 3.43. The summed E-state index contributed by atoms with van der Waals surface area (Å²) < 4.78 is 65.9. The summed E-state index contributed by atoms with van der Waals surface area (Å²) in [6, 6.07) is 25.7. The van der Waals surface area contributed by atoms with Crippen LogP contribution < -0.4 is 27.4 Å². The van der Waals surface area contributed by atoms with Crippen LogP contribution in [0.4, 0.5) is 0 Å². The van der Waals surface area contributed by atoms with Crippen molar-refractivity contribution in [1.29, 1.82) is 0 Å². The molecule has 77 heavy (non-hydrogen) atoms. The van der Waals surface area contributed by atoms with E-state index >= 15 is 0 Å². The number of carbonyl (C=O) groups is 4. The summed E-state index contributed by atoms with van der Waals surface area (Å²) in [5.74, 6) is -1.67. The van der Waals surface area contributed by atoms with Crippen LogP contribution in [-0.4, -0.2) is 207 Å². The molecular weight excluding hydrogens is 999 g/mol. The molecule has 0 aliphatic carbocycles. The molecule has 0 saturated heterocycles. The fourth-order valence-electron chi connectivity index (χ4n) is 7.35. The highest BCUT2D eigenvalue weighted by atomic mass is 16.6. The van der Waals surface area contributed by atoms with E-state index in [1.807, 2.05) is 84.9 Å². The Balaban J connectivity index is 1.17. The Kier molecular flexibility index (Phi) is 35.7. The van der Waals surface area contributed by atoms with Crippen molar-refractivity contribution in [3.8, 4) is 0 Å². The highest BCUT2D eigenvalue weighted by Gasteiger charge is 2.28. The Labute approximate surface area is 452 Å². The fraction of sp³-hybridized carbons (Fsp3) is 0.571. The Morgan fingerprint density at radius 2 is 0.714 bits per heavy atom. The second-order valence-electron chi connectivity index (χ2n) is 17.3. The molecule has 4 rings (SSSR count). The smallest absolute Gasteiger partial charge is 0.243 e. The van der Waals surface area contributed by atoms with Crippen molar-refractivity contribution in [2.45, 2.75) is 37.8 Å². The van der Waals surface area contributed by atoms with Gasteiger partial charge in [0.15, 0.2) is 0 Å². The second kappa shape index (κ2) is 42.7. The summed E-state index contributed by atoms with van der Waals surface area (Å²) in [5, 5.41) is 12.9. The van der Waals surface area contributed by atoms with Gasteiger partial charge in [-0.3, -0.25) is 19.2 Å². The molecule has 4 aromatic carbocycles. The third kappa shape index (κ3) is 31.1. The van der Waals surface area contributed by atoms with Crippen LogP contribution in [0.3, 0.4) is 0 Å². The molecule has 0 saturated carbocycles. The average molecular weight is 1080 g/mol. The maximum absolute atomic E-state index is 14.3. The third-order valence-corrected chi connectivity index (χ3v) is 11.3. The van der Waals surface area contributed by atoms with Gasteiger partial charge in [-0.2, -0.15) is 0 Å². The van der Waals surface area contributed by atoms with E-state index in [-0.39, 0.29) is 64.6 Å². The molecule has 21 nitrogen and oxygen atoms in total. The van der Waals surface area contributed by atoms with Crippen molar-refractivity contribution in [1.82, 2.24) is 16.0 Å². The van der Waals surface area contributed by atoms with Gasteiger partial charge >= 0.3 is 0 Å². The normalized spacial score (nSPS) is 12.2. The predicted molar refractivity (Wildman–Crippen MR) is 289 cm³/mol. The van der Waals surface area contributed by atoms with E-state index in [9.17, 15) is 19.2 Å². The van der Waals surface area contributed by atoms with Gasteiger partial charge in [0, 0.05) is 38.8 Å². The van der Waals surface area contributed by atoms with Crippen molar-refractivity contribution < 1.29 is 76.0 Å². The molecule has 0 aliphatic rings. The number of fused-ring (bicyclic) bond motifs is 2. The van der Waals surface area contributed by atoms with Crippen molar-refractivity contribution in [3.63, 3.8) is 0 Å². The lowest BCUT2D eigenvalue weighted by Crippen LogP contribution is -2.55. The first-order chi connectivity index (χ1) is 37.8. The molecule has 4 aromatic rings. The molecule has 4 amide bonds. The monoisotopic (exact) mass is 1080 g/mol. The molecule has 0 heterocycles. The van der Waals surface area contributed by atoms with Crippen molar-refractivity contribution in [2.24, 2.45) is 11.5 Å². The minimum atomic E-state index is -1.00.